The van der Waals surface area contributed by atoms with Gasteiger partial charge in [0.25, 0.3) is 11.8 Å². The molecule has 1 fully saturated rings. The van der Waals surface area contributed by atoms with Crippen molar-refractivity contribution in [3.63, 3.8) is 0 Å². The normalized spacial score (nSPS) is 16.8. The van der Waals surface area contributed by atoms with Crippen molar-refractivity contribution in [2.75, 3.05) is 13.2 Å². The number of carbonyl (C=O) groups is 2. The molecule has 7 heteroatoms. The first kappa shape index (κ1) is 16.2. The lowest BCUT2D eigenvalue weighted by atomic mass is 10.2. The third-order valence-corrected chi connectivity index (χ3v) is 3.77. The Bertz CT molecular complexity index is 694. The molecule has 2 aromatic rings. The molecule has 2 aromatic heterocycles. The number of nitrogens with one attached hydrogen (secondary N) is 2. The Morgan fingerprint density at radius 3 is 2.92 bits per heavy atom. The molecule has 0 bridgehead atoms. The van der Waals surface area contributed by atoms with E-state index >= 15 is 0 Å². The minimum absolute atomic E-state index is 0.0636. The van der Waals surface area contributed by atoms with Crippen molar-refractivity contribution in [3.8, 4) is 0 Å². The van der Waals surface area contributed by atoms with Crippen molar-refractivity contribution in [1.29, 1.82) is 0 Å². The summed E-state index contributed by atoms with van der Waals surface area (Å²) in [5, 5.41) is 5.52. The molecular weight excluding hydrogens is 310 g/mol. The van der Waals surface area contributed by atoms with Crippen LogP contribution in [0.3, 0.4) is 0 Å². The predicted octanol–water partition coefficient (Wildman–Crippen LogP) is 1.51. The van der Waals surface area contributed by atoms with Gasteiger partial charge in [-0.25, -0.2) is 0 Å². The SMILES string of the molecule is O=C(NCc1ccco1)c1ccnc(C(=O)NCC2CCCO2)c1. The zero-order chi connectivity index (χ0) is 16.8. The lowest BCUT2D eigenvalue weighted by molar-refractivity contribution is 0.0853. The minimum Gasteiger partial charge on any atom is -0.467 e. The number of nitrogens with zero attached hydrogens (tertiary/aromatic N) is 1. The number of hydrogen-bond acceptors (Lipinski definition) is 5. The number of ether oxygens (including phenoxy) is 1. The van der Waals surface area contributed by atoms with Gasteiger partial charge in [0.05, 0.1) is 18.9 Å². The van der Waals surface area contributed by atoms with Crippen LogP contribution in [-0.4, -0.2) is 36.1 Å². The lowest BCUT2D eigenvalue weighted by Gasteiger charge is -2.10. The third kappa shape index (κ3) is 4.20. The average molecular weight is 329 g/mol. The van der Waals surface area contributed by atoms with Crippen LogP contribution in [0.25, 0.3) is 0 Å². The molecule has 0 aromatic carbocycles. The Hall–Kier alpha value is -2.67. The van der Waals surface area contributed by atoms with Crippen LogP contribution in [0.5, 0.6) is 0 Å². The van der Waals surface area contributed by atoms with Gasteiger partial charge in [-0.3, -0.25) is 14.6 Å². The molecule has 1 unspecified atom stereocenters. The first-order valence-electron chi connectivity index (χ1n) is 7.89. The van der Waals surface area contributed by atoms with E-state index in [1.807, 2.05) is 0 Å². The molecule has 2 amide bonds. The first-order chi connectivity index (χ1) is 11.7. The van der Waals surface area contributed by atoms with Crippen molar-refractivity contribution < 1.29 is 18.7 Å². The molecule has 0 radical (unpaired) electrons. The molecular formula is C17H19N3O4. The fourth-order valence-electron chi connectivity index (χ4n) is 2.48. The molecule has 0 aliphatic carbocycles. The Morgan fingerprint density at radius 1 is 1.25 bits per heavy atom. The highest BCUT2D eigenvalue weighted by Gasteiger charge is 2.17. The van der Waals surface area contributed by atoms with Crippen molar-refractivity contribution in [2.45, 2.75) is 25.5 Å². The third-order valence-electron chi connectivity index (χ3n) is 3.77. The van der Waals surface area contributed by atoms with Gasteiger partial charge in [0.15, 0.2) is 0 Å². The van der Waals surface area contributed by atoms with Crippen LogP contribution in [0.15, 0.2) is 41.1 Å². The maximum absolute atomic E-state index is 12.1. The molecule has 7 nitrogen and oxygen atoms in total. The molecule has 2 N–H and O–H groups in total. The van der Waals surface area contributed by atoms with E-state index in [1.165, 1.54) is 12.3 Å². The molecule has 0 saturated carbocycles. The fourth-order valence-corrected chi connectivity index (χ4v) is 2.48. The summed E-state index contributed by atoms with van der Waals surface area (Å²) in [6.07, 6.45) is 5.02. The van der Waals surface area contributed by atoms with Crippen molar-refractivity contribution in [3.05, 3.63) is 53.7 Å². The second kappa shape index (κ2) is 7.74. The maximum atomic E-state index is 12.1. The molecule has 1 saturated heterocycles. The summed E-state index contributed by atoms with van der Waals surface area (Å²) in [6, 6.07) is 6.57. The number of aromatic nitrogens is 1. The molecule has 0 spiro atoms. The Labute approximate surface area is 139 Å². The molecule has 1 aliphatic heterocycles. The largest absolute Gasteiger partial charge is 0.467 e. The molecule has 1 aliphatic rings. The number of carbonyl (C=O) groups excluding carboxylic acids is 2. The molecule has 126 valence electrons. The van der Waals surface area contributed by atoms with Gasteiger partial charge in [-0.05, 0) is 37.1 Å². The van der Waals surface area contributed by atoms with E-state index in [4.69, 9.17) is 9.15 Å². The van der Waals surface area contributed by atoms with Crippen molar-refractivity contribution in [1.82, 2.24) is 15.6 Å². The predicted molar refractivity (Wildman–Crippen MR) is 85.4 cm³/mol. The number of hydrogen-bond donors (Lipinski definition) is 2. The number of pyridine rings is 1. The molecule has 1 atom stereocenters. The van der Waals surface area contributed by atoms with Gasteiger partial charge in [-0.1, -0.05) is 0 Å². The highest BCUT2D eigenvalue weighted by molar-refractivity contribution is 5.98. The van der Waals surface area contributed by atoms with Crippen LogP contribution < -0.4 is 10.6 Å². The van der Waals surface area contributed by atoms with E-state index in [9.17, 15) is 9.59 Å². The Balaban J connectivity index is 1.56. The standard InChI is InChI=1S/C17H19N3O4/c21-16(19-10-13-3-1-7-23-13)12-5-6-18-15(9-12)17(22)20-11-14-4-2-8-24-14/h1,3,5-7,9,14H,2,4,8,10-11H2,(H,19,21)(H,20,22). The summed E-state index contributed by atoms with van der Waals surface area (Å²) in [4.78, 5) is 28.3. The van der Waals surface area contributed by atoms with Gasteiger partial charge in [-0.15, -0.1) is 0 Å². The zero-order valence-corrected chi connectivity index (χ0v) is 13.2. The molecule has 3 heterocycles. The van der Waals surface area contributed by atoms with Crippen LogP contribution in [-0.2, 0) is 11.3 Å². The van der Waals surface area contributed by atoms with E-state index in [-0.39, 0.29) is 30.2 Å². The number of furan rings is 1. The summed E-state index contributed by atoms with van der Waals surface area (Å²) in [6.45, 7) is 1.48. The topological polar surface area (TPSA) is 93.5 Å². The Morgan fingerprint density at radius 2 is 2.17 bits per heavy atom. The van der Waals surface area contributed by atoms with Crippen LogP contribution >= 0.6 is 0 Å². The highest BCUT2D eigenvalue weighted by atomic mass is 16.5. The van der Waals surface area contributed by atoms with Crippen LogP contribution in [0.4, 0.5) is 0 Å². The summed E-state index contributed by atoms with van der Waals surface area (Å²) in [7, 11) is 0. The first-order valence-corrected chi connectivity index (χ1v) is 7.89. The average Bonchev–Trinajstić information content (AvgIpc) is 3.31. The maximum Gasteiger partial charge on any atom is 0.269 e. The van der Waals surface area contributed by atoms with Gasteiger partial charge in [0.2, 0.25) is 0 Å². The lowest BCUT2D eigenvalue weighted by Crippen LogP contribution is -2.32. The van der Waals surface area contributed by atoms with Gasteiger partial charge in [0.1, 0.15) is 11.5 Å². The summed E-state index contributed by atoms with van der Waals surface area (Å²) < 4.78 is 10.6. The second-order valence-electron chi connectivity index (χ2n) is 5.54. The van der Waals surface area contributed by atoms with E-state index < -0.39 is 0 Å². The highest BCUT2D eigenvalue weighted by Crippen LogP contribution is 2.11. The van der Waals surface area contributed by atoms with Crippen LogP contribution in [0, 0.1) is 0 Å². The van der Waals surface area contributed by atoms with Crippen LogP contribution in [0.2, 0.25) is 0 Å². The van der Waals surface area contributed by atoms with E-state index in [0.29, 0.717) is 17.9 Å². The zero-order valence-electron chi connectivity index (χ0n) is 13.2. The van der Waals surface area contributed by atoms with Crippen LogP contribution in [0.1, 0.15) is 39.4 Å². The Kier molecular flexibility index (Phi) is 5.22. The van der Waals surface area contributed by atoms with E-state index in [2.05, 4.69) is 15.6 Å². The molecule has 24 heavy (non-hydrogen) atoms. The van der Waals surface area contributed by atoms with Crippen molar-refractivity contribution in [2.24, 2.45) is 0 Å². The van der Waals surface area contributed by atoms with Gasteiger partial charge in [-0.2, -0.15) is 0 Å². The second-order valence-corrected chi connectivity index (χ2v) is 5.54. The summed E-state index contributed by atoms with van der Waals surface area (Å²) >= 11 is 0. The van der Waals surface area contributed by atoms with Gasteiger partial charge in [0, 0.05) is 24.9 Å². The van der Waals surface area contributed by atoms with Gasteiger partial charge >= 0.3 is 0 Å². The smallest absolute Gasteiger partial charge is 0.269 e. The number of amides is 2. The van der Waals surface area contributed by atoms with E-state index in [0.717, 1.165) is 19.4 Å². The summed E-state index contributed by atoms with van der Waals surface area (Å²) in [5.41, 5.74) is 0.581. The van der Waals surface area contributed by atoms with Crippen molar-refractivity contribution >= 4 is 11.8 Å². The fraction of sp³-hybridized carbons (Fsp3) is 0.353. The number of rotatable bonds is 6. The van der Waals surface area contributed by atoms with E-state index in [1.54, 1.807) is 24.5 Å². The quantitative estimate of drug-likeness (QED) is 0.838. The molecule has 3 rings (SSSR count). The van der Waals surface area contributed by atoms with Gasteiger partial charge < -0.3 is 19.8 Å². The minimum atomic E-state index is -0.314. The summed E-state index contributed by atoms with van der Waals surface area (Å²) in [5.74, 6) is 0.0556. The monoisotopic (exact) mass is 329 g/mol.